The first-order valence-corrected chi connectivity index (χ1v) is 12.3. The molecule has 2 N–H and O–H groups in total. The standard InChI is InChI=1S/C26H24Cl2N4O2S/c1-17-6-2-3-7-19(17)25(34)32-14-12-31(13-15-32)23-11-10-18(16-22(23)28)29-26(35)30-24(33)20-8-4-5-9-21(20)27/h2-11,16H,12-15H2,1H3,(H2,29,30,33,35). The number of hydrogen-bond acceptors (Lipinski definition) is 4. The summed E-state index contributed by atoms with van der Waals surface area (Å²) in [5.41, 5.74) is 3.59. The molecule has 1 heterocycles. The van der Waals surface area contributed by atoms with Crippen molar-refractivity contribution in [3.05, 3.63) is 93.5 Å². The average Bonchev–Trinajstić information content (AvgIpc) is 2.84. The Morgan fingerprint density at radius 3 is 2.17 bits per heavy atom. The summed E-state index contributed by atoms with van der Waals surface area (Å²) in [4.78, 5) is 29.3. The lowest BCUT2D eigenvalue weighted by molar-refractivity contribution is 0.0746. The van der Waals surface area contributed by atoms with E-state index in [2.05, 4.69) is 15.5 Å². The number of nitrogens with zero attached hydrogens (tertiary/aromatic N) is 2. The molecule has 9 heteroatoms. The van der Waals surface area contributed by atoms with Crippen LogP contribution in [-0.4, -0.2) is 48.0 Å². The van der Waals surface area contributed by atoms with E-state index in [0.29, 0.717) is 47.5 Å². The second kappa shape index (κ2) is 11.1. The number of aryl methyl sites for hydroxylation is 1. The molecule has 0 unspecified atom stereocenters. The Morgan fingerprint density at radius 2 is 1.51 bits per heavy atom. The van der Waals surface area contributed by atoms with Crippen LogP contribution < -0.4 is 15.5 Å². The molecular weight excluding hydrogens is 503 g/mol. The highest BCUT2D eigenvalue weighted by Gasteiger charge is 2.24. The first kappa shape index (κ1) is 25.0. The average molecular weight is 527 g/mol. The number of hydrogen-bond donors (Lipinski definition) is 2. The molecule has 0 aromatic heterocycles. The highest BCUT2D eigenvalue weighted by Crippen LogP contribution is 2.30. The van der Waals surface area contributed by atoms with Crippen LogP contribution in [0.4, 0.5) is 11.4 Å². The minimum Gasteiger partial charge on any atom is -0.367 e. The van der Waals surface area contributed by atoms with Crippen LogP contribution in [0.1, 0.15) is 26.3 Å². The van der Waals surface area contributed by atoms with E-state index in [4.69, 9.17) is 35.4 Å². The van der Waals surface area contributed by atoms with Gasteiger partial charge in [-0.3, -0.25) is 14.9 Å². The fourth-order valence-corrected chi connectivity index (χ4v) is 4.69. The van der Waals surface area contributed by atoms with Crippen molar-refractivity contribution in [2.24, 2.45) is 0 Å². The molecule has 3 aromatic rings. The van der Waals surface area contributed by atoms with E-state index in [0.717, 1.165) is 16.8 Å². The number of halogens is 2. The van der Waals surface area contributed by atoms with Crippen molar-refractivity contribution < 1.29 is 9.59 Å². The molecule has 0 spiro atoms. The summed E-state index contributed by atoms with van der Waals surface area (Å²) in [6.07, 6.45) is 0. The van der Waals surface area contributed by atoms with Crippen molar-refractivity contribution in [2.45, 2.75) is 6.92 Å². The van der Waals surface area contributed by atoms with Crippen LogP contribution >= 0.6 is 35.4 Å². The van der Waals surface area contributed by atoms with Gasteiger partial charge in [0.15, 0.2) is 5.11 Å². The van der Waals surface area contributed by atoms with Gasteiger partial charge in [0.2, 0.25) is 0 Å². The highest BCUT2D eigenvalue weighted by molar-refractivity contribution is 7.80. The van der Waals surface area contributed by atoms with Crippen molar-refractivity contribution in [1.82, 2.24) is 10.2 Å². The van der Waals surface area contributed by atoms with E-state index in [1.54, 1.807) is 30.3 Å². The van der Waals surface area contributed by atoms with Crippen LogP contribution in [0.15, 0.2) is 66.7 Å². The lowest BCUT2D eigenvalue weighted by atomic mass is 10.1. The molecule has 4 rings (SSSR count). The van der Waals surface area contributed by atoms with Crippen molar-refractivity contribution in [3.63, 3.8) is 0 Å². The van der Waals surface area contributed by atoms with E-state index >= 15 is 0 Å². The third kappa shape index (κ3) is 5.93. The van der Waals surface area contributed by atoms with Gasteiger partial charge in [-0.15, -0.1) is 0 Å². The van der Waals surface area contributed by atoms with Gasteiger partial charge in [-0.1, -0.05) is 53.5 Å². The Balaban J connectivity index is 1.34. The molecule has 3 aromatic carbocycles. The summed E-state index contributed by atoms with van der Waals surface area (Å²) >= 11 is 17.9. The maximum atomic E-state index is 12.9. The van der Waals surface area contributed by atoms with Crippen molar-refractivity contribution in [1.29, 1.82) is 0 Å². The van der Waals surface area contributed by atoms with Crippen LogP contribution in [0, 0.1) is 6.92 Å². The van der Waals surface area contributed by atoms with E-state index in [1.165, 1.54) is 0 Å². The maximum Gasteiger partial charge on any atom is 0.258 e. The molecule has 6 nitrogen and oxygen atoms in total. The normalized spacial score (nSPS) is 13.3. The SMILES string of the molecule is Cc1ccccc1C(=O)N1CCN(c2ccc(NC(=S)NC(=O)c3ccccc3Cl)cc2Cl)CC1. The Morgan fingerprint density at radius 1 is 0.857 bits per heavy atom. The van der Waals surface area contributed by atoms with Crippen LogP contribution in [0.5, 0.6) is 0 Å². The molecule has 0 radical (unpaired) electrons. The number of thiocarbonyl (C=S) groups is 1. The van der Waals surface area contributed by atoms with E-state index in [1.807, 2.05) is 48.2 Å². The fraction of sp³-hybridized carbons (Fsp3) is 0.192. The summed E-state index contributed by atoms with van der Waals surface area (Å²) in [6.45, 7) is 4.53. The van der Waals surface area contributed by atoms with Crippen molar-refractivity contribution >= 4 is 63.7 Å². The molecule has 0 atom stereocenters. The molecule has 1 aliphatic rings. The molecule has 35 heavy (non-hydrogen) atoms. The zero-order valence-electron chi connectivity index (χ0n) is 19.1. The number of carbonyl (C=O) groups excluding carboxylic acids is 2. The zero-order valence-corrected chi connectivity index (χ0v) is 21.4. The summed E-state index contributed by atoms with van der Waals surface area (Å²) in [5, 5.41) is 6.64. The van der Waals surface area contributed by atoms with Gasteiger partial charge in [-0.25, -0.2) is 0 Å². The molecule has 0 bridgehead atoms. The lowest BCUT2D eigenvalue weighted by Crippen LogP contribution is -2.49. The van der Waals surface area contributed by atoms with Gasteiger partial charge in [-0.05, 0) is 61.1 Å². The molecule has 1 saturated heterocycles. The van der Waals surface area contributed by atoms with E-state index < -0.39 is 5.91 Å². The first-order chi connectivity index (χ1) is 16.8. The van der Waals surface area contributed by atoms with Gasteiger partial charge in [0, 0.05) is 37.4 Å². The first-order valence-electron chi connectivity index (χ1n) is 11.1. The number of carbonyl (C=O) groups is 2. The third-order valence-electron chi connectivity index (χ3n) is 5.83. The number of amides is 2. The van der Waals surface area contributed by atoms with Gasteiger partial charge in [0.25, 0.3) is 11.8 Å². The summed E-state index contributed by atoms with van der Waals surface area (Å²) in [7, 11) is 0. The third-order valence-corrected chi connectivity index (χ3v) is 6.67. The number of benzene rings is 3. The Bertz CT molecular complexity index is 1280. The van der Waals surface area contributed by atoms with Gasteiger partial charge in [0.05, 0.1) is 21.3 Å². The fourth-order valence-electron chi connectivity index (χ4n) is 3.95. The van der Waals surface area contributed by atoms with Crippen LogP contribution in [-0.2, 0) is 0 Å². The summed E-state index contributed by atoms with van der Waals surface area (Å²) in [6, 6.07) is 19.9. The number of anilines is 2. The molecular formula is C26H24Cl2N4O2S. The van der Waals surface area contributed by atoms with Gasteiger partial charge >= 0.3 is 0 Å². The Hall–Kier alpha value is -3.13. The van der Waals surface area contributed by atoms with Crippen molar-refractivity contribution in [3.8, 4) is 0 Å². The molecule has 0 saturated carbocycles. The molecule has 0 aliphatic carbocycles. The quantitative estimate of drug-likeness (QED) is 0.446. The monoisotopic (exact) mass is 526 g/mol. The Labute approximate surface area is 219 Å². The molecule has 180 valence electrons. The minimum atomic E-state index is -0.395. The number of nitrogens with one attached hydrogen (secondary N) is 2. The van der Waals surface area contributed by atoms with Crippen LogP contribution in [0.25, 0.3) is 0 Å². The molecule has 1 fully saturated rings. The topological polar surface area (TPSA) is 64.7 Å². The van der Waals surface area contributed by atoms with Crippen LogP contribution in [0.2, 0.25) is 10.0 Å². The Kier molecular flexibility index (Phi) is 7.90. The second-order valence-corrected chi connectivity index (χ2v) is 9.37. The largest absolute Gasteiger partial charge is 0.367 e. The highest BCUT2D eigenvalue weighted by atomic mass is 35.5. The van der Waals surface area contributed by atoms with Crippen molar-refractivity contribution in [2.75, 3.05) is 36.4 Å². The number of rotatable bonds is 4. The van der Waals surface area contributed by atoms with Gasteiger partial charge in [-0.2, -0.15) is 0 Å². The van der Waals surface area contributed by atoms with Gasteiger partial charge < -0.3 is 15.1 Å². The molecule has 2 amide bonds. The minimum absolute atomic E-state index is 0.0562. The lowest BCUT2D eigenvalue weighted by Gasteiger charge is -2.36. The zero-order chi connectivity index (χ0) is 24.9. The smallest absolute Gasteiger partial charge is 0.258 e. The predicted octanol–water partition coefficient (Wildman–Crippen LogP) is 5.39. The maximum absolute atomic E-state index is 12.9. The predicted molar refractivity (Wildman–Crippen MR) is 146 cm³/mol. The number of piperazine rings is 1. The van der Waals surface area contributed by atoms with Gasteiger partial charge in [0.1, 0.15) is 0 Å². The molecule has 1 aliphatic heterocycles. The van der Waals surface area contributed by atoms with E-state index in [9.17, 15) is 9.59 Å². The second-order valence-electron chi connectivity index (χ2n) is 8.15. The summed E-state index contributed by atoms with van der Waals surface area (Å²) in [5.74, 6) is -0.338. The van der Waals surface area contributed by atoms with E-state index in [-0.39, 0.29) is 11.0 Å². The summed E-state index contributed by atoms with van der Waals surface area (Å²) < 4.78 is 0. The van der Waals surface area contributed by atoms with Crippen LogP contribution in [0.3, 0.4) is 0 Å².